The molecule has 1 unspecified atom stereocenters. The monoisotopic (exact) mass is 749 g/mol. The van der Waals surface area contributed by atoms with Gasteiger partial charge in [-0.15, -0.1) is 0 Å². The zero-order valence-corrected chi connectivity index (χ0v) is 32.1. The minimum Gasteiger partial charge on any atom is -0.456 e. The zero-order valence-electron chi connectivity index (χ0n) is 32.1. The molecule has 13 rings (SSSR count). The number of rotatable bonds is 4. The van der Waals surface area contributed by atoms with E-state index in [4.69, 9.17) is 4.42 Å². The van der Waals surface area contributed by atoms with Crippen LogP contribution in [0.2, 0.25) is 0 Å². The van der Waals surface area contributed by atoms with Crippen LogP contribution in [-0.2, 0) is 5.41 Å². The Morgan fingerprint density at radius 2 is 0.949 bits per heavy atom. The topological polar surface area (TPSA) is 16.4 Å². The predicted molar refractivity (Wildman–Crippen MR) is 245 cm³/mol. The maximum Gasteiger partial charge on any atom is 0.137 e. The van der Waals surface area contributed by atoms with Crippen LogP contribution in [0.15, 0.2) is 217 Å². The molecule has 1 atom stereocenters. The van der Waals surface area contributed by atoms with Gasteiger partial charge in [0.1, 0.15) is 11.2 Å². The van der Waals surface area contributed by atoms with Crippen molar-refractivity contribution in [3.05, 3.63) is 235 Å². The molecule has 2 aliphatic rings. The first-order valence-corrected chi connectivity index (χ1v) is 20.4. The smallest absolute Gasteiger partial charge is 0.137 e. The van der Waals surface area contributed by atoms with E-state index in [1.165, 1.54) is 77.2 Å². The average Bonchev–Trinajstić information content (AvgIpc) is 3.83. The molecule has 59 heavy (non-hydrogen) atoms. The Morgan fingerprint density at radius 3 is 1.81 bits per heavy atom. The van der Waals surface area contributed by atoms with Gasteiger partial charge in [-0.1, -0.05) is 176 Å². The lowest BCUT2D eigenvalue weighted by atomic mass is 9.60. The second-order valence-corrected chi connectivity index (χ2v) is 15.9. The lowest BCUT2D eigenvalue weighted by Gasteiger charge is -2.41. The van der Waals surface area contributed by atoms with Crippen molar-refractivity contribution < 1.29 is 4.42 Å². The molecule has 1 aromatic heterocycles. The molecule has 11 aromatic rings. The number of hydrogen-bond donors (Lipinski definition) is 0. The molecule has 0 fully saturated rings. The van der Waals surface area contributed by atoms with E-state index in [1.54, 1.807) is 0 Å². The second kappa shape index (κ2) is 12.2. The molecule has 2 aliphatic carbocycles. The highest BCUT2D eigenvalue weighted by atomic mass is 16.3. The van der Waals surface area contributed by atoms with Crippen molar-refractivity contribution in [2.24, 2.45) is 0 Å². The maximum atomic E-state index is 6.54. The van der Waals surface area contributed by atoms with Crippen molar-refractivity contribution in [3.63, 3.8) is 0 Å². The van der Waals surface area contributed by atoms with Crippen LogP contribution in [0.4, 0.5) is 17.1 Å². The van der Waals surface area contributed by atoms with Gasteiger partial charge in [0.05, 0.1) is 22.2 Å². The van der Waals surface area contributed by atoms with Crippen LogP contribution in [-0.4, -0.2) is 0 Å². The summed E-state index contributed by atoms with van der Waals surface area (Å²) in [6, 6.07) is 78.3. The standard InChI is InChI=1S/C57H35NO/c1-2-15-37(16-3-1)41-33-31-38-19-12-24-45-43-22-7-10-26-48(43)57(56(41)54(38)45)47-25-9-6-21-42(47)44-34-32-39(35-49(44)57)58(50-27-13-18-36-17-4-5-20-40(36)50)51-28-14-30-53-55(51)46-23-8-11-29-52(46)59-53/h1-35H. The molecule has 2 heteroatoms. The van der Waals surface area contributed by atoms with Crippen LogP contribution in [0.1, 0.15) is 22.3 Å². The fourth-order valence-corrected chi connectivity index (χ4v) is 10.8. The minimum absolute atomic E-state index is 0.615. The molecule has 0 saturated heterocycles. The van der Waals surface area contributed by atoms with E-state index in [1.807, 2.05) is 0 Å². The largest absolute Gasteiger partial charge is 0.456 e. The molecular formula is C57H35NO. The summed E-state index contributed by atoms with van der Waals surface area (Å²) in [5.74, 6) is 0. The highest BCUT2D eigenvalue weighted by molar-refractivity contribution is 6.15. The van der Waals surface area contributed by atoms with Gasteiger partial charge in [-0.05, 0) is 108 Å². The summed E-state index contributed by atoms with van der Waals surface area (Å²) in [7, 11) is 0. The van der Waals surface area contributed by atoms with Crippen LogP contribution < -0.4 is 4.90 Å². The summed E-state index contributed by atoms with van der Waals surface area (Å²) >= 11 is 0. The fourth-order valence-electron chi connectivity index (χ4n) is 10.8. The van der Waals surface area contributed by atoms with Gasteiger partial charge < -0.3 is 9.32 Å². The van der Waals surface area contributed by atoms with E-state index in [-0.39, 0.29) is 0 Å². The molecule has 0 saturated carbocycles. The predicted octanol–water partition coefficient (Wildman–Crippen LogP) is 15.4. The Kier molecular flexibility index (Phi) is 6.68. The molecular weight excluding hydrogens is 715 g/mol. The lowest BCUT2D eigenvalue weighted by Crippen LogP contribution is -2.32. The average molecular weight is 750 g/mol. The van der Waals surface area contributed by atoms with Gasteiger partial charge in [0.2, 0.25) is 0 Å². The SMILES string of the molecule is c1ccc(-c2ccc3cccc4c3c2C2(c3ccccc3-c3ccc(N(c5cccc6ccccc56)c5cccc6oc7ccccc7c56)cc32)c2ccccc2-4)cc1. The van der Waals surface area contributed by atoms with E-state index in [2.05, 4.69) is 217 Å². The summed E-state index contributed by atoms with van der Waals surface area (Å²) in [4.78, 5) is 2.48. The number of benzene rings is 10. The molecule has 1 spiro atoms. The number of fused-ring (bicyclic) bond motifs is 13. The van der Waals surface area contributed by atoms with Crippen LogP contribution in [0.3, 0.4) is 0 Å². The number of hydrogen-bond acceptors (Lipinski definition) is 2. The Balaban J connectivity index is 1.19. The Hall–Kier alpha value is -7.68. The van der Waals surface area contributed by atoms with Crippen molar-refractivity contribution in [3.8, 4) is 33.4 Å². The van der Waals surface area contributed by atoms with Crippen molar-refractivity contribution in [2.45, 2.75) is 5.41 Å². The van der Waals surface area contributed by atoms with E-state index < -0.39 is 5.41 Å². The number of nitrogens with zero attached hydrogens (tertiary/aromatic N) is 1. The highest BCUT2D eigenvalue weighted by Gasteiger charge is 2.51. The van der Waals surface area contributed by atoms with Crippen LogP contribution in [0, 0.1) is 0 Å². The molecule has 0 N–H and O–H groups in total. The van der Waals surface area contributed by atoms with Crippen LogP contribution >= 0.6 is 0 Å². The maximum absolute atomic E-state index is 6.54. The molecule has 0 aliphatic heterocycles. The van der Waals surface area contributed by atoms with Crippen molar-refractivity contribution in [2.75, 3.05) is 4.90 Å². The summed E-state index contributed by atoms with van der Waals surface area (Å²) in [5, 5.41) is 7.16. The molecule has 0 radical (unpaired) electrons. The molecule has 10 aromatic carbocycles. The van der Waals surface area contributed by atoms with E-state index >= 15 is 0 Å². The van der Waals surface area contributed by atoms with E-state index in [0.717, 1.165) is 39.0 Å². The third-order valence-corrected chi connectivity index (χ3v) is 13.0. The van der Waals surface area contributed by atoms with E-state index in [0.29, 0.717) is 0 Å². The van der Waals surface area contributed by atoms with Gasteiger partial charge in [0, 0.05) is 16.5 Å². The van der Waals surface area contributed by atoms with Gasteiger partial charge in [0.25, 0.3) is 0 Å². The summed E-state index contributed by atoms with van der Waals surface area (Å²) in [5.41, 5.74) is 17.3. The number of para-hydroxylation sites is 1. The Labute approximate surface area is 341 Å². The van der Waals surface area contributed by atoms with E-state index in [9.17, 15) is 0 Å². The van der Waals surface area contributed by atoms with Gasteiger partial charge >= 0.3 is 0 Å². The van der Waals surface area contributed by atoms with Crippen LogP contribution in [0.5, 0.6) is 0 Å². The van der Waals surface area contributed by atoms with Crippen molar-refractivity contribution >= 4 is 60.5 Å². The lowest BCUT2D eigenvalue weighted by molar-refractivity contribution is 0.669. The Morgan fingerprint density at radius 1 is 0.356 bits per heavy atom. The zero-order chi connectivity index (χ0) is 38.7. The quantitative estimate of drug-likeness (QED) is 0.178. The summed E-state index contributed by atoms with van der Waals surface area (Å²) < 4.78 is 6.54. The molecule has 2 nitrogen and oxygen atoms in total. The Bertz CT molecular complexity index is 3520. The third kappa shape index (κ3) is 4.35. The molecule has 0 amide bonds. The number of furan rings is 1. The van der Waals surface area contributed by atoms with Crippen molar-refractivity contribution in [1.82, 2.24) is 0 Å². The van der Waals surface area contributed by atoms with Crippen LogP contribution in [0.25, 0.3) is 76.9 Å². The second-order valence-electron chi connectivity index (χ2n) is 15.9. The number of anilines is 3. The van der Waals surface area contributed by atoms with Gasteiger partial charge in [-0.25, -0.2) is 0 Å². The van der Waals surface area contributed by atoms with Gasteiger partial charge in [0.15, 0.2) is 0 Å². The van der Waals surface area contributed by atoms with Crippen molar-refractivity contribution in [1.29, 1.82) is 0 Å². The molecule has 274 valence electrons. The van der Waals surface area contributed by atoms with Gasteiger partial charge in [-0.2, -0.15) is 0 Å². The van der Waals surface area contributed by atoms with Gasteiger partial charge in [-0.3, -0.25) is 0 Å². The summed E-state index contributed by atoms with van der Waals surface area (Å²) in [6.07, 6.45) is 0. The third-order valence-electron chi connectivity index (χ3n) is 13.0. The first-order valence-electron chi connectivity index (χ1n) is 20.4. The first-order chi connectivity index (χ1) is 29.3. The molecule has 1 heterocycles. The highest BCUT2D eigenvalue weighted by Crippen LogP contribution is 2.64. The summed E-state index contributed by atoms with van der Waals surface area (Å²) in [6.45, 7) is 0. The first kappa shape index (κ1) is 32.4. The molecule has 0 bridgehead atoms. The fraction of sp³-hybridized carbons (Fsp3) is 0.0175. The normalized spacial score (nSPS) is 14.8. The minimum atomic E-state index is -0.615.